The number of hydrogen-bond donors (Lipinski definition) is 2. The predicted octanol–water partition coefficient (Wildman–Crippen LogP) is 0.605. The lowest BCUT2D eigenvalue weighted by atomic mass is 10.2. The fourth-order valence-electron chi connectivity index (χ4n) is 2.16. The number of amides is 2. The molecule has 0 saturated carbocycles. The molecule has 6 nitrogen and oxygen atoms in total. The van der Waals surface area contributed by atoms with Gasteiger partial charge in [0.15, 0.2) is 0 Å². The van der Waals surface area contributed by atoms with Crippen molar-refractivity contribution in [1.29, 1.82) is 0 Å². The van der Waals surface area contributed by atoms with Gasteiger partial charge in [-0.1, -0.05) is 0 Å². The van der Waals surface area contributed by atoms with Gasteiger partial charge >= 0.3 is 0 Å². The van der Waals surface area contributed by atoms with Crippen LogP contribution in [0.15, 0.2) is 18.3 Å². The third-order valence-electron chi connectivity index (χ3n) is 3.16. The molecule has 0 aliphatic carbocycles. The Hall–Kier alpha value is -2.11. The monoisotopic (exact) mass is 262 g/mol. The summed E-state index contributed by atoms with van der Waals surface area (Å²) in [6.45, 7) is 2.16. The Kier molecular flexibility index (Phi) is 4.33. The van der Waals surface area contributed by atoms with Gasteiger partial charge in [-0.3, -0.25) is 9.59 Å². The highest BCUT2D eigenvalue weighted by Gasteiger charge is 2.17. The van der Waals surface area contributed by atoms with Crippen LogP contribution in [0, 0.1) is 0 Å². The van der Waals surface area contributed by atoms with Crippen LogP contribution in [-0.2, 0) is 4.79 Å². The summed E-state index contributed by atoms with van der Waals surface area (Å²) in [5, 5.41) is 2.99. The van der Waals surface area contributed by atoms with Crippen LogP contribution in [0.2, 0.25) is 0 Å². The van der Waals surface area contributed by atoms with Gasteiger partial charge in [0.2, 0.25) is 5.91 Å². The summed E-state index contributed by atoms with van der Waals surface area (Å²) < 4.78 is 0. The molecular formula is C13H18N4O2. The smallest absolute Gasteiger partial charge is 0.252 e. The average Bonchev–Trinajstić information content (AvgIpc) is 2.93. The van der Waals surface area contributed by atoms with Crippen LogP contribution in [0.25, 0.3) is 0 Å². The maximum atomic E-state index is 11.8. The van der Waals surface area contributed by atoms with E-state index in [0.29, 0.717) is 24.3 Å². The number of rotatable bonds is 5. The first kappa shape index (κ1) is 13.3. The second-order valence-electron chi connectivity index (χ2n) is 4.53. The Morgan fingerprint density at radius 3 is 2.79 bits per heavy atom. The number of primary amides is 1. The van der Waals surface area contributed by atoms with E-state index in [1.165, 1.54) is 0 Å². The van der Waals surface area contributed by atoms with E-state index in [9.17, 15) is 9.59 Å². The lowest BCUT2D eigenvalue weighted by Gasteiger charge is -2.15. The van der Waals surface area contributed by atoms with Gasteiger partial charge in [-0.15, -0.1) is 0 Å². The highest BCUT2D eigenvalue weighted by atomic mass is 16.2. The number of pyridine rings is 1. The molecule has 1 fully saturated rings. The van der Waals surface area contributed by atoms with Gasteiger partial charge in [-0.2, -0.15) is 0 Å². The highest BCUT2D eigenvalue weighted by Crippen LogP contribution is 2.12. The molecule has 0 atom stereocenters. The third kappa shape index (κ3) is 3.43. The largest absolute Gasteiger partial charge is 0.369 e. The molecule has 1 aliphatic rings. The average molecular weight is 262 g/mol. The first-order valence-corrected chi connectivity index (χ1v) is 6.45. The minimum atomic E-state index is -0.526. The fraction of sp³-hybridized carbons (Fsp3) is 0.462. The van der Waals surface area contributed by atoms with E-state index < -0.39 is 5.91 Å². The zero-order valence-electron chi connectivity index (χ0n) is 10.8. The number of nitrogens with zero attached hydrogens (tertiary/aromatic N) is 2. The van der Waals surface area contributed by atoms with Crippen molar-refractivity contribution in [3.05, 3.63) is 23.9 Å². The number of nitrogens with one attached hydrogen (secondary N) is 1. The summed E-state index contributed by atoms with van der Waals surface area (Å²) in [5.74, 6) is 0.0484. The van der Waals surface area contributed by atoms with Gasteiger partial charge in [0.05, 0.1) is 5.56 Å². The van der Waals surface area contributed by atoms with E-state index in [4.69, 9.17) is 5.73 Å². The van der Waals surface area contributed by atoms with E-state index in [1.54, 1.807) is 18.3 Å². The summed E-state index contributed by atoms with van der Waals surface area (Å²) in [6, 6.07) is 3.26. The van der Waals surface area contributed by atoms with Crippen molar-refractivity contribution in [1.82, 2.24) is 9.88 Å². The molecule has 0 aromatic carbocycles. The summed E-state index contributed by atoms with van der Waals surface area (Å²) in [7, 11) is 0. The quantitative estimate of drug-likeness (QED) is 0.813. The Labute approximate surface area is 112 Å². The molecule has 0 spiro atoms. The molecule has 3 N–H and O–H groups in total. The molecule has 2 amide bonds. The van der Waals surface area contributed by atoms with Crippen LogP contribution in [0.5, 0.6) is 0 Å². The summed E-state index contributed by atoms with van der Waals surface area (Å²) in [4.78, 5) is 29.0. The Morgan fingerprint density at radius 2 is 2.11 bits per heavy atom. The van der Waals surface area contributed by atoms with Crippen molar-refractivity contribution in [3.8, 4) is 0 Å². The molecule has 1 aromatic rings. The van der Waals surface area contributed by atoms with Crippen molar-refractivity contribution in [2.75, 3.05) is 25.0 Å². The minimum Gasteiger partial charge on any atom is -0.369 e. The minimum absolute atomic E-state index is 0.140. The van der Waals surface area contributed by atoms with Crippen molar-refractivity contribution in [3.63, 3.8) is 0 Å². The lowest BCUT2D eigenvalue weighted by Crippen LogP contribution is -2.29. The third-order valence-corrected chi connectivity index (χ3v) is 3.16. The molecule has 19 heavy (non-hydrogen) atoms. The van der Waals surface area contributed by atoms with Crippen LogP contribution >= 0.6 is 0 Å². The van der Waals surface area contributed by atoms with Crippen molar-refractivity contribution < 1.29 is 9.59 Å². The van der Waals surface area contributed by atoms with Crippen molar-refractivity contribution in [2.24, 2.45) is 5.73 Å². The van der Waals surface area contributed by atoms with Gasteiger partial charge in [0.25, 0.3) is 5.91 Å². The Balaban J connectivity index is 1.85. The molecule has 102 valence electrons. The Morgan fingerprint density at radius 1 is 1.37 bits per heavy atom. The zero-order valence-corrected chi connectivity index (χ0v) is 10.8. The first-order chi connectivity index (χ1) is 9.18. The number of anilines is 1. The molecule has 1 saturated heterocycles. The normalized spacial score (nSPS) is 14.4. The van der Waals surface area contributed by atoms with Gasteiger partial charge < -0.3 is 16.0 Å². The van der Waals surface area contributed by atoms with E-state index in [2.05, 4.69) is 10.3 Å². The molecule has 2 rings (SSSR count). The first-order valence-electron chi connectivity index (χ1n) is 6.45. The van der Waals surface area contributed by atoms with Gasteiger partial charge in [0, 0.05) is 32.3 Å². The molecule has 2 heterocycles. The molecule has 1 aromatic heterocycles. The molecule has 0 bridgehead atoms. The van der Waals surface area contributed by atoms with Crippen LogP contribution in [0.3, 0.4) is 0 Å². The summed E-state index contributed by atoms with van der Waals surface area (Å²) in [5.41, 5.74) is 5.60. The number of likely N-dealkylation sites (tertiary alicyclic amines) is 1. The SMILES string of the molecule is NC(=O)c1cccnc1NCCC(=O)N1CCCC1. The fourth-order valence-corrected chi connectivity index (χ4v) is 2.16. The second kappa shape index (κ2) is 6.17. The van der Waals surface area contributed by atoms with Crippen LogP contribution < -0.4 is 11.1 Å². The second-order valence-corrected chi connectivity index (χ2v) is 4.53. The molecule has 0 unspecified atom stereocenters. The van der Waals surface area contributed by atoms with Gasteiger partial charge in [-0.05, 0) is 25.0 Å². The summed E-state index contributed by atoms with van der Waals surface area (Å²) >= 11 is 0. The molecular weight excluding hydrogens is 244 g/mol. The van der Waals surface area contributed by atoms with E-state index >= 15 is 0 Å². The molecule has 1 aliphatic heterocycles. The van der Waals surface area contributed by atoms with Crippen molar-refractivity contribution >= 4 is 17.6 Å². The maximum absolute atomic E-state index is 11.8. The maximum Gasteiger partial charge on any atom is 0.252 e. The number of carbonyl (C=O) groups excluding carboxylic acids is 2. The number of aromatic nitrogens is 1. The van der Waals surface area contributed by atoms with Crippen LogP contribution in [0.4, 0.5) is 5.82 Å². The number of carbonyl (C=O) groups is 2. The Bertz CT molecular complexity index is 469. The standard InChI is InChI=1S/C13H18N4O2/c14-12(19)10-4-3-6-15-13(10)16-7-5-11(18)17-8-1-2-9-17/h3-4,6H,1-2,5,7-9H2,(H2,14,19)(H,15,16). The number of hydrogen-bond acceptors (Lipinski definition) is 4. The summed E-state index contributed by atoms with van der Waals surface area (Å²) in [6.07, 6.45) is 4.16. The predicted molar refractivity (Wildman–Crippen MR) is 71.7 cm³/mol. The van der Waals surface area contributed by atoms with Crippen LogP contribution in [-0.4, -0.2) is 41.3 Å². The van der Waals surface area contributed by atoms with E-state index in [0.717, 1.165) is 25.9 Å². The van der Waals surface area contributed by atoms with Crippen molar-refractivity contribution in [2.45, 2.75) is 19.3 Å². The van der Waals surface area contributed by atoms with Crippen LogP contribution in [0.1, 0.15) is 29.6 Å². The topological polar surface area (TPSA) is 88.3 Å². The molecule has 0 radical (unpaired) electrons. The van der Waals surface area contributed by atoms with E-state index in [-0.39, 0.29) is 5.91 Å². The van der Waals surface area contributed by atoms with E-state index in [1.807, 2.05) is 4.90 Å². The number of nitrogens with two attached hydrogens (primary N) is 1. The zero-order chi connectivity index (χ0) is 13.7. The van der Waals surface area contributed by atoms with Gasteiger partial charge in [0.1, 0.15) is 5.82 Å². The lowest BCUT2D eigenvalue weighted by molar-refractivity contribution is -0.129. The highest BCUT2D eigenvalue weighted by molar-refractivity contribution is 5.97. The molecule has 6 heteroatoms. The van der Waals surface area contributed by atoms with Gasteiger partial charge in [-0.25, -0.2) is 4.98 Å².